The second kappa shape index (κ2) is 6.11. The minimum atomic E-state index is 0.162. The lowest BCUT2D eigenvalue weighted by atomic mass is 10.1. The van der Waals surface area contributed by atoms with E-state index in [2.05, 4.69) is 20.4 Å². The molecule has 2 rings (SSSR count). The minimum Gasteiger partial charge on any atom is -0.424 e. The molecule has 1 aromatic carbocycles. The predicted octanol–water partition coefficient (Wildman–Crippen LogP) is 2.29. The Morgan fingerprint density at radius 1 is 1.14 bits per heavy atom. The quantitative estimate of drug-likeness (QED) is 0.661. The number of nitrogens with two attached hydrogens (primary N) is 1. The molecule has 112 valence electrons. The van der Waals surface area contributed by atoms with Crippen molar-refractivity contribution >= 4 is 23.5 Å². The fraction of sp³-hybridized carbons (Fsp3) is 0.308. The van der Waals surface area contributed by atoms with Crippen molar-refractivity contribution in [3.05, 3.63) is 28.3 Å². The third-order valence-corrected chi connectivity index (χ3v) is 2.97. The molecule has 0 saturated heterocycles. The van der Waals surface area contributed by atoms with E-state index in [1.807, 2.05) is 40.1 Å². The number of anilines is 2. The van der Waals surface area contributed by atoms with Crippen LogP contribution in [0.1, 0.15) is 11.1 Å². The summed E-state index contributed by atoms with van der Waals surface area (Å²) in [5, 5.41) is 0.659. The largest absolute Gasteiger partial charge is 0.424 e. The lowest BCUT2D eigenvalue weighted by Crippen LogP contribution is -2.17. The van der Waals surface area contributed by atoms with E-state index >= 15 is 0 Å². The molecule has 1 aromatic heterocycles. The van der Waals surface area contributed by atoms with Gasteiger partial charge in [-0.25, -0.2) is 5.84 Å². The molecule has 21 heavy (non-hydrogen) atoms. The van der Waals surface area contributed by atoms with Crippen LogP contribution in [0.25, 0.3) is 0 Å². The number of hydrogen-bond acceptors (Lipinski definition) is 7. The van der Waals surface area contributed by atoms with Gasteiger partial charge in [0.2, 0.25) is 11.9 Å². The van der Waals surface area contributed by atoms with E-state index in [1.165, 1.54) is 0 Å². The zero-order valence-corrected chi connectivity index (χ0v) is 13.1. The number of nitrogens with zero attached hydrogens (tertiary/aromatic N) is 4. The van der Waals surface area contributed by atoms with Gasteiger partial charge in [0.05, 0.1) is 0 Å². The maximum Gasteiger partial charge on any atom is 0.328 e. The zero-order valence-electron chi connectivity index (χ0n) is 12.3. The van der Waals surface area contributed by atoms with Gasteiger partial charge in [0.25, 0.3) is 0 Å². The van der Waals surface area contributed by atoms with Crippen LogP contribution in [0.2, 0.25) is 5.02 Å². The van der Waals surface area contributed by atoms with E-state index in [1.54, 1.807) is 4.90 Å². The number of aryl methyl sites for hydroxylation is 2. The number of nitrogen functional groups attached to an aromatic ring is 1. The molecule has 0 bridgehead atoms. The number of rotatable bonds is 4. The van der Waals surface area contributed by atoms with Crippen molar-refractivity contribution in [3.63, 3.8) is 0 Å². The summed E-state index contributed by atoms with van der Waals surface area (Å²) < 4.78 is 5.79. The summed E-state index contributed by atoms with van der Waals surface area (Å²) in [4.78, 5) is 14.2. The Morgan fingerprint density at radius 2 is 1.76 bits per heavy atom. The van der Waals surface area contributed by atoms with Crippen molar-refractivity contribution in [2.45, 2.75) is 13.8 Å². The van der Waals surface area contributed by atoms with Crippen LogP contribution in [0.3, 0.4) is 0 Å². The molecule has 0 amide bonds. The first-order chi connectivity index (χ1) is 9.90. The number of hydrogen-bond donors (Lipinski definition) is 2. The number of halogens is 1. The molecule has 1 heterocycles. The van der Waals surface area contributed by atoms with Gasteiger partial charge in [-0.15, -0.1) is 0 Å². The highest BCUT2D eigenvalue weighted by Crippen LogP contribution is 2.30. The molecule has 8 heteroatoms. The maximum absolute atomic E-state index is 6.01. The Bertz CT molecular complexity index is 638. The Morgan fingerprint density at radius 3 is 2.29 bits per heavy atom. The summed E-state index contributed by atoms with van der Waals surface area (Å²) in [5.74, 6) is 6.70. The fourth-order valence-electron chi connectivity index (χ4n) is 1.81. The Kier molecular flexibility index (Phi) is 4.44. The first-order valence-corrected chi connectivity index (χ1v) is 6.63. The van der Waals surface area contributed by atoms with Gasteiger partial charge in [0.15, 0.2) is 0 Å². The van der Waals surface area contributed by atoms with Crippen molar-refractivity contribution in [3.8, 4) is 11.8 Å². The van der Waals surface area contributed by atoms with Gasteiger partial charge < -0.3 is 9.64 Å². The monoisotopic (exact) mass is 308 g/mol. The summed E-state index contributed by atoms with van der Waals surface area (Å²) in [6.45, 7) is 3.81. The van der Waals surface area contributed by atoms with Crippen LogP contribution in [0.5, 0.6) is 11.8 Å². The molecular weight excluding hydrogens is 292 g/mol. The average molecular weight is 309 g/mol. The van der Waals surface area contributed by atoms with Crippen LogP contribution in [0.15, 0.2) is 12.1 Å². The highest BCUT2D eigenvalue weighted by atomic mass is 35.5. The number of nitrogens with one attached hydrogen (secondary N) is 1. The van der Waals surface area contributed by atoms with E-state index in [0.717, 1.165) is 11.1 Å². The average Bonchev–Trinajstić information content (AvgIpc) is 2.42. The predicted molar refractivity (Wildman–Crippen MR) is 83.0 cm³/mol. The Labute approximate surface area is 128 Å². The molecule has 3 N–H and O–H groups in total. The minimum absolute atomic E-state index is 0.162. The molecule has 0 unspecified atom stereocenters. The lowest BCUT2D eigenvalue weighted by Gasteiger charge is -2.14. The molecular formula is C13H17ClN6O. The second-order valence-corrected chi connectivity index (χ2v) is 5.19. The molecule has 0 aliphatic carbocycles. The summed E-state index contributed by atoms with van der Waals surface area (Å²) >= 11 is 6.01. The van der Waals surface area contributed by atoms with Crippen molar-refractivity contribution in [1.29, 1.82) is 0 Å². The summed E-state index contributed by atoms with van der Waals surface area (Å²) in [6.07, 6.45) is 0. The van der Waals surface area contributed by atoms with E-state index in [-0.39, 0.29) is 12.0 Å². The topological polar surface area (TPSA) is 89.2 Å². The second-order valence-electron chi connectivity index (χ2n) is 4.75. The SMILES string of the molecule is Cc1cc(Cl)cc(C)c1Oc1nc(NN)nc(N(C)C)n1. The van der Waals surface area contributed by atoms with Gasteiger partial charge >= 0.3 is 6.01 Å². The first-order valence-electron chi connectivity index (χ1n) is 6.25. The van der Waals surface area contributed by atoms with Crippen molar-refractivity contribution < 1.29 is 4.74 Å². The third-order valence-electron chi connectivity index (χ3n) is 2.75. The molecule has 2 aromatic rings. The zero-order chi connectivity index (χ0) is 15.6. The number of aromatic nitrogens is 3. The van der Waals surface area contributed by atoms with E-state index in [4.69, 9.17) is 22.2 Å². The van der Waals surface area contributed by atoms with Crippen LogP contribution in [0.4, 0.5) is 11.9 Å². The third kappa shape index (κ3) is 3.50. The molecule has 0 fully saturated rings. The summed E-state index contributed by atoms with van der Waals surface area (Å²) in [6, 6.07) is 3.80. The van der Waals surface area contributed by atoms with Gasteiger partial charge in [-0.3, -0.25) is 5.43 Å². The fourth-order valence-corrected chi connectivity index (χ4v) is 2.13. The van der Waals surface area contributed by atoms with Crippen molar-refractivity contribution in [2.75, 3.05) is 24.4 Å². The van der Waals surface area contributed by atoms with Crippen LogP contribution in [-0.2, 0) is 0 Å². The van der Waals surface area contributed by atoms with Gasteiger partial charge in [-0.2, -0.15) is 15.0 Å². The lowest BCUT2D eigenvalue weighted by molar-refractivity contribution is 0.434. The van der Waals surface area contributed by atoms with E-state index in [9.17, 15) is 0 Å². The van der Waals surface area contributed by atoms with Crippen LogP contribution >= 0.6 is 11.6 Å². The van der Waals surface area contributed by atoms with E-state index < -0.39 is 0 Å². The Hall–Kier alpha value is -2.12. The molecule has 0 spiro atoms. The molecule has 0 atom stereocenters. The first kappa shape index (κ1) is 15.3. The highest BCUT2D eigenvalue weighted by molar-refractivity contribution is 6.30. The number of hydrazine groups is 1. The van der Waals surface area contributed by atoms with Crippen molar-refractivity contribution in [2.24, 2.45) is 5.84 Å². The van der Waals surface area contributed by atoms with Crippen LogP contribution in [0, 0.1) is 13.8 Å². The number of ether oxygens (including phenoxy) is 1. The molecule has 0 saturated carbocycles. The standard InChI is InChI=1S/C13H17ClN6O/c1-7-5-9(14)6-8(2)10(7)21-13-17-11(19-15)16-12(18-13)20(3)4/h5-6H,15H2,1-4H3,(H,16,17,18,19). The smallest absolute Gasteiger partial charge is 0.328 e. The van der Waals surface area contributed by atoms with Crippen LogP contribution < -0.4 is 20.9 Å². The highest BCUT2D eigenvalue weighted by Gasteiger charge is 2.12. The van der Waals surface area contributed by atoms with E-state index in [0.29, 0.717) is 16.7 Å². The van der Waals surface area contributed by atoms with Gasteiger partial charge in [0.1, 0.15) is 5.75 Å². The molecule has 7 nitrogen and oxygen atoms in total. The van der Waals surface area contributed by atoms with Gasteiger partial charge in [-0.05, 0) is 37.1 Å². The number of benzene rings is 1. The summed E-state index contributed by atoms with van der Waals surface area (Å²) in [5.41, 5.74) is 4.19. The maximum atomic E-state index is 6.01. The Balaban J connectivity index is 2.42. The summed E-state index contributed by atoms with van der Waals surface area (Å²) in [7, 11) is 3.64. The molecule has 0 aliphatic heterocycles. The van der Waals surface area contributed by atoms with Crippen LogP contribution in [-0.4, -0.2) is 29.0 Å². The van der Waals surface area contributed by atoms with Gasteiger partial charge in [-0.1, -0.05) is 11.6 Å². The molecule has 0 aliphatic rings. The van der Waals surface area contributed by atoms with Gasteiger partial charge in [0, 0.05) is 19.1 Å². The normalized spacial score (nSPS) is 10.4. The van der Waals surface area contributed by atoms with Crippen molar-refractivity contribution in [1.82, 2.24) is 15.0 Å². The molecule has 0 radical (unpaired) electrons.